The van der Waals surface area contributed by atoms with Crippen LogP contribution in [0.15, 0.2) is 0 Å². The second-order valence-corrected chi connectivity index (χ2v) is 5.57. The molecule has 1 fully saturated rings. The maximum absolute atomic E-state index is 11.1. The maximum atomic E-state index is 11.1. The van der Waals surface area contributed by atoms with E-state index in [1.807, 2.05) is 0 Å². The van der Waals surface area contributed by atoms with Crippen molar-refractivity contribution < 1.29 is 9.53 Å². The third-order valence-electron chi connectivity index (χ3n) is 3.74. The summed E-state index contributed by atoms with van der Waals surface area (Å²) in [5, 5.41) is 0. The van der Waals surface area contributed by atoms with Gasteiger partial charge in [0.15, 0.2) is 0 Å². The number of rotatable bonds is 5. The van der Waals surface area contributed by atoms with Crippen LogP contribution in [0, 0.1) is 0 Å². The van der Waals surface area contributed by atoms with Gasteiger partial charge in [-0.1, -0.05) is 0 Å². The van der Waals surface area contributed by atoms with E-state index in [0.717, 1.165) is 32.5 Å². The Morgan fingerprint density at radius 1 is 1.59 bits per heavy atom. The third kappa shape index (κ3) is 3.94. The Hall–Kier alpha value is -0.650. The van der Waals surface area contributed by atoms with Gasteiger partial charge in [0.1, 0.15) is 0 Å². The average Bonchev–Trinajstić information content (AvgIpc) is 2.27. The standard InChI is InChI=1S/C12H25N3O2/c1-11(17-3)5-4-7-15(9-11)8-6-12(2,14)10(13)16/h4-9,14H2,1-3H3,(H2,13,16). The van der Waals surface area contributed by atoms with Crippen LogP contribution in [0.4, 0.5) is 0 Å². The Morgan fingerprint density at radius 3 is 2.76 bits per heavy atom. The number of ether oxygens (including phenoxy) is 1. The summed E-state index contributed by atoms with van der Waals surface area (Å²) < 4.78 is 5.52. The first-order valence-corrected chi connectivity index (χ1v) is 6.15. The molecular weight excluding hydrogens is 218 g/mol. The number of hydrogen-bond donors (Lipinski definition) is 2. The topological polar surface area (TPSA) is 81.6 Å². The smallest absolute Gasteiger partial charge is 0.237 e. The molecule has 2 unspecified atom stereocenters. The predicted molar refractivity (Wildman–Crippen MR) is 67.5 cm³/mol. The van der Waals surface area contributed by atoms with Crippen LogP contribution in [0.25, 0.3) is 0 Å². The number of methoxy groups -OCH3 is 1. The molecule has 1 rings (SSSR count). The number of carbonyl (C=O) groups excluding carboxylic acids is 1. The van der Waals surface area contributed by atoms with Gasteiger partial charge < -0.3 is 21.1 Å². The minimum absolute atomic E-state index is 0.0734. The molecule has 0 aromatic carbocycles. The minimum atomic E-state index is -0.916. The van der Waals surface area contributed by atoms with E-state index in [1.165, 1.54) is 0 Å². The van der Waals surface area contributed by atoms with E-state index in [0.29, 0.717) is 6.42 Å². The molecule has 5 nitrogen and oxygen atoms in total. The molecule has 17 heavy (non-hydrogen) atoms. The van der Waals surface area contributed by atoms with Crippen molar-refractivity contribution >= 4 is 5.91 Å². The lowest BCUT2D eigenvalue weighted by Gasteiger charge is -2.40. The Balaban J connectivity index is 2.45. The minimum Gasteiger partial charge on any atom is -0.377 e. The summed E-state index contributed by atoms with van der Waals surface area (Å²) in [6, 6.07) is 0. The fraction of sp³-hybridized carbons (Fsp3) is 0.917. The number of nitrogens with two attached hydrogens (primary N) is 2. The first-order valence-electron chi connectivity index (χ1n) is 6.15. The normalized spacial score (nSPS) is 29.9. The molecule has 0 radical (unpaired) electrons. The highest BCUT2D eigenvalue weighted by Gasteiger charge is 2.32. The number of nitrogens with zero attached hydrogens (tertiary/aromatic N) is 1. The quantitative estimate of drug-likeness (QED) is 0.716. The lowest BCUT2D eigenvalue weighted by molar-refractivity contribution is -0.123. The first kappa shape index (κ1) is 14.4. The molecule has 0 saturated carbocycles. The van der Waals surface area contributed by atoms with Gasteiger partial charge in [0.25, 0.3) is 0 Å². The average molecular weight is 243 g/mol. The Bertz CT molecular complexity index is 281. The summed E-state index contributed by atoms with van der Waals surface area (Å²) in [4.78, 5) is 13.4. The molecule has 4 N–H and O–H groups in total. The molecule has 1 saturated heterocycles. The zero-order valence-electron chi connectivity index (χ0n) is 11.2. The van der Waals surface area contributed by atoms with Gasteiger partial charge in [-0.2, -0.15) is 0 Å². The first-order chi connectivity index (χ1) is 7.79. The maximum Gasteiger partial charge on any atom is 0.237 e. The second kappa shape index (κ2) is 5.33. The van der Waals surface area contributed by atoms with Crippen molar-refractivity contribution in [2.45, 2.75) is 44.2 Å². The van der Waals surface area contributed by atoms with Gasteiger partial charge in [-0.15, -0.1) is 0 Å². The van der Waals surface area contributed by atoms with Crippen LogP contribution < -0.4 is 11.5 Å². The predicted octanol–water partition coefficient (Wildman–Crippen LogP) is 0.0801. The highest BCUT2D eigenvalue weighted by molar-refractivity contribution is 5.83. The van der Waals surface area contributed by atoms with Crippen molar-refractivity contribution in [1.82, 2.24) is 4.90 Å². The Kier molecular flexibility index (Phi) is 4.52. The summed E-state index contributed by atoms with van der Waals surface area (Å²) in [5.74, 6) is -0.441. The van der Waals surface area contributed by atoms with Crippen LogP contribution >= 0.6 is 0 Å². The van der Waals surface area contributed by atoms with Gasteiger partial charge >= 0.3 is 0 Å². The van der Waals surface area contributed by atoms with E-state index in [2.05, 4.69) is 11.8 Å². The molecule has 0 bridgehead atoms. The lowest BCUT2D eigenvalue weighted by atomic mass is 9.93. The van der Waals surface area contributed by atoms with Crippen LogP contribution in [0.1, 0.15) is 33.1 Å². The number of carbonyl (C=O) groups is 1. The molecule has 1 heterocycles. The van der Waals surface area contributed by atoms with Gasteiger partial charge in [-0.3, -0.25) is 4.79 Å². The van der Waals surface area contributed by atoms with E-state index in [9.17, 15) is 4.79 Å². The van der Waals surface area contributed by atoms with E-state index in [-0.39, 0.29) is 5.60 Å². The van der Waals surface area contributed by atoms with Crippen molar-refractivity contribution in [3.63, 3.8) is 0 Å². The Morgan fingerprint density at radius 2 is 2.24 bits per heavy atom. The van der Waals surface area contributed by atoms with Crippen molar-refractivity contribution in [3.8, 4) is 0 Å². The number of amides is 1. The third-order valence-corrected chi connectivity index (χ3v) is 3.74. The highest BCUT2D eigenvalue weighted by atomic mass is 16.5. The Labute approximate surface area is 103 Å². The van der Waals surface area contributed by atoms with Crippen molar-refractivity contribution in [3.05, 3.63) is 0 Å². The van der Waals surface area contributed by atoms with Crippen molar-refractivity contribution in [1.29, 1.82) is 0 Å². The number of likely N-dealkylation sites (tertiary alicyclic amines) is 1. The summed E-state index contributed by atoms with van der Waals surface area (Å²) in [6.45, 7) is 6.52. The molecule has 5 heteroatoms. The largest absolute Gasteiger partial charge is 0.377 e. The van der Waals surface area contributed by atoms with E-state index < -0.39 is 11.4 Å². The molecule has 2 atom stereocenters. The molecule has 0 spiro atoms. The fourth-order valence-electron chi connectivity index (χ4n) is 2.18. The zero-order valence-corrected chi connectivity index (χ0v) is 11.2. The number of hydrogen-bond acceptors (Lipinski definition) is 4. The van der Waals surface area contributed by atoms with Gasteiger partial charge in [0.2, 0.25) is 5.91 Å². The summed E-state index contributed by atoms with van der Waals surface area (Å²) >= 11 is 0. The molecule has 1 aliphatic heterocycles. The van der Waals surface area contributed by atoms with E-state index >= 15 is 0 Å². The molecule has 1 aliphatic rings. The van der Waals surface area contributed by atoms with E-state index in [1.54, 1.807) is 14.0 Å². The molecule has 0 aromatic rings. The lowest BCUT2D eigenvalue weighted by Crippen LogP contribution is -2.53. The van der Waals surface area contributed by atoms with Crippen LogP contribution in [0.5, 0.6) is 0 Å². The fourth-order valence-corrected chi connectivity index (χ4v) is 2.18. The van der Waals surface area contributed by atoms with Crippen molar-refractivity contribution in [2.24, 2.45) is 11.5 Å². The van der Waals surface area contributed by atoms with Crippen LogP contribution in [0.2, 0.25) is 0 Å². The second-order valence-electron chi connectivity index (χ2n) is 5.57. The van der Waals surface area contributed by atoms with E-state index in [4.69, 9.17) is 16.2 Å². The summed E-state index contributed by atoms with van der Waals surface area (Å²) in [7, 11) is 1.75. The monoisotopic (exact) mass is 243 g/mol. The molecule has 100 valence electrons. The van der Waals surface area contributed by atoms with Gasteiger partial charge in [-0.25, -0.2) is 0 Å². The molecule has 0 aliphatic carbocycles. The van der Waals surface area contributed by atoms with Gasteiger partial charge in [0.05, 0.1) is 11.1 Å². The highest BCUT2D eigenvalue weighted by Crippen LogP contribution is 2.24. The summed E-state index contributed by atoms with van der Waals surface area (Å²) in [5.41, 5.74) is 10.1. The number of piperidine rings is 1. The molecular formula is C12H25N3O2. The zero-order chi connectivity index (χ0) is 13.1. The molecule has 0 aromatic heterocycles. The van der Waals surface area contributed by atoms with Crippen molar-refractivity contribution in [2.75, 3.05) is 26.7 Å². The SMILES string of the molecule is COC1(C)CCCN(CCC(C)(N)C(N)=O)C1. The van der Waals surface area contributed by atoms with Crippen LogP contribution in [-0.4, -0.2) is 48.7 Å². The van der Waals surface area contributed by atoms with Crippen LogP contribution in [0.3, 0.4) is 0 Å². The number of primary amides is 1. The summed E-state index contributed by atoms with van der Waals surface area (Å²) in [6.07, 6.45) is 2.78. The van der Waals surface area contributed by atoms with Gasteiger partial charge in [-0.05, 0) is 39.7 Å². The van der Waals surface area contributed by atoms with Gasteiger partial charge in [0, 0.05) is 20.2 Å². The molecule has 1 amide bonds. The van der Waals surface area contributed by atoms with Crippen LogP contribution in [-0.2, 0) is 9.53 Å².